The summed E-state index contributed by atoms with van der Waals surface area (Å²) in [5.74, 6) is -0.985. The summed E-state index contributed by atoms with van der Waals surface area (Å²) in [6, 6.07) is 0. The SMILES string of the molecule is C=C(C)C(=O)O.C=C(CCCCCCCC(C)C)C(=O)O. The van der Waals surface area contributed by atoms with Crippen LogP contribution in [0.25, 0.3) is 0 Å². The maximum atomic E-state index is 10.4. The van der Waals surface area contributed by atoms with Crippen molar-refractivity contribution < 1.29 is 19.8 Å². The van der Waals surface area contributed by atoms with Crippen LogP contribution in [0.5, 0.6) is 0 Å². The molecule has 0 amide bonds. The molecule has 0 aromatic rings. The van der Waals surface area contributed by atoms with Gasteiger partial charge in [0.05, 0.1) is 0 Å². The number of hydrogen-bond donors (Lipinski definition) is 2. The molecular weight excluding hydrogens is 268 g/mol. The summed E-state index contributed by atoms with van der Waals surface area (Å²) in [6.45, 7) is 12.6. The fourth-order valence-corrected chi connectivity index (χ4v) is 1.53. The summed E-state index contributed by atoms with van der Waals surface area (Å²) < 4.78 is 0. The molecule has 0 spiro atoms. The van der Waals surface area contributed by atoms with Gasteiger partial charge < -0.3 is 10.2 Å². The van der Waals surface area contributed by atoms with E-state index in [2.05, 4.69) is 27.0 Å². The molecule has 0 heterocycles. The normalized spacial score (nSPS) is 9.71. The van der Waals surface area contributed by atoms with E-state index in [-0.39, 0.29) is 5.57 Å². The Balaban J connectivity index is 0. The lowest BCUT2D eigenvalue weighted by atomic mass is 10.0. The molecule has 0 unspecified atom stereocenters. The summed E-state index contributed by atoms with van der Waals surface area (Å²) >= 11 is 0. The summed E-state index contributed by atoms with van der Waals surface area (Å²) in [4.78, 5) is 20.0. The molecule has 0 aromatic carbocycles. The second-order valence-corrected chi connectivity index (χ2v) is 5.69. The van der Waals surface area contributed by atoms with Gasteiger partial charge in [-0.05, 0) is 25.7 Å². The van der Waals surface area contributed by atoms with Crippen molar-refractivity contribution in [3.63, 3.8) is 0 Å². The number of unbranched alkanes of at least 4 members (excludes halogenated alkanes) is 4. The van der Waals surface area contributed by atoms with Crippen molar-refractivity contribution >= 4 is 11.9 Å². The maximum Gasteiger partial charge on any atom is 0.330 e. The summed E-state index contributed by atoms with van der Waals surface area (Å²) in [5.41, 5.74) is 0.521. The van der Waals surface area contributed by atoms with Gasteiger partial charge in [0, 0.05) is 11.1 Å². The van der Waals surface area contributed by atoms with Crippen LogP contribution in [0, 0.1) is 5.92 Å². The molecule has 0 aliphatic rings. The third-order valence-corrected chi connectivity index (χ3v) is 2.93. The predicted octanol–water partition coefficient (Wildman–Crippen LogP) is 4.66. The molecule has 0 bridgehead atoms. The summed E-state index contributed by atoms with van der Waals surface area (Å²) in [7, 11) is 0. The highest BCUT2D eigenvalue weighted by molar-refractivity contribution is 5.85. The highest BCUT2D eigenvalue weighted by Crippen LogP contribution is 2.13. The van der Waals surface area contributed by atoms with Gasteiger partial charge in [-0.25, -0.2) is 9.59 Å². The van der Waals surface area contributed by atoms with Crippen LogP contribution in [0.2, 0.25) is 0 Å². The van der Waals surface area contributed by atoms with Crippen LogP contribution < -0.4 is 0 Å². The zero-order chi connectivity index (χ0) is 16.8. The second kappa shape index (κ2) is 13.4. The highest BCUT2D eigenvalue weighted by atomic mass is 16.4. The van der Waals surface area contributed by atoms with Gasteiger partial charge in [0.25, 0.3) is 0 Å². The molecule has 0 aliphatic heterocycles. The first kappa shape index (κ1) is 21.7. The van der Waals surface area contributed by atoms with Crippen LogP contribution in [0.15, 0.2) is 24.3 Å². The molecule has 0 atom stereocenters. The largest absolute Gasteiger partial charge is 0.478 e. The van der Waals surface area contributed by atoms with Crippen LogP contribution in [0.1, 0.15) is 65.7 Å². The number of rotatable bonds is 10. The second-order valence-electron chi connectivity index (χ2n) is 5.69. The van der Waals surface area contributed by atoms with Crippen LogP contribution in [0.4, 0.5) is 0 Å². The minimum absolute atomic E-state index is 0.176. The molecule has 0 rings (SSSR count). The summed E-state index contributed by atoms with van der Waals surface area (Å²) in [5, 5.41) is 16.5. The van der Waals surface area contributed by atoms with E-state index >= 15 is 0 Å². The zero-order valence-electron chi connectivity index (χ0n) is 13.7. The standard InChI is InChI=1S/C13H24O2.C4H6O2/c1-11(2)9-7-5-4-6-8-10-12(3)13(14)15;1-3(2)4(5)6/h11H,3-10H2,1-2H3,(H,14,15);1H2,2H3,(H,5,6). The molecule has 4 nitrogen and oxygen atoms in total. The van der Waals surface area contributed by atoms with E-state index in [1.165, 1.54) is 32.6 Å². The van der Waals surface area contributed by atoms with E-state index in [1.54, 1.807) is 0 Å². The molecule has 0 aromatic heterocycles. The Kier molecular flexibility index (Phi) is 13.9. The first-order valence-electron chi connectivity index (χ1n) is 7.48. The third-order valence-electron chi connectivity index (χ3n) is 2.93. The van der Waals surface area contributed by atoms with E-state index in [4.69, 9.17) is 10.2 Å². The Labute approximate surface area is 128 Å². The molecule has 2 N–H and O–H groups in total. The van der Waals surface area contributed by atoms with Gasteiger partial charge in [-0.3, -0.25) is 0 Å². The smallest absolute Gasteiger partial charge is 0.330 e. The van der Waals surface area contributed by atoms with Crippen molar-refractivity contribution in [3.05, 3.63) is 24.3 Å². The van der Waals surface area contributed by atoms with Gasteiger partial charge >= 0.3 is 11.9 Å². The number of carbonyl (C=O) groups is 2. The van der Waals surface area contributed by atoms with E-state index in [0.29, 0.717) is 12.0 Å². The Bertz CT molecular complexity index is 331. The van der Waals surface area contributed by atoms with Crippen molar-refractivity contribution in [1.82, 2.24) is 0 Å². The van der Waals surface area contributed by atoms with E-state index < -0.39 is 11.9 Å². The lowest BCUT2D eigenvalue weighted by Gasteiger charge is -2.04. The van der Waals surface area contributed by atoms with Crippen molar-refractivity contribution in [1.29, 1.82) is 0 Å². The number of carboxylic acid groups (broad SMARTS) is 2. The molecule has 21 heavy (non-hydrogen) atoms. The average Bonchev–Trinajstić information content (AvgIpc) is 2.37. The quantitative estimate of drug-likeness (QED) is 0.454. The molecule has 0 fully saturated rings. The summed E-state index contributed by atoms with van der Waals surface area (Å²) in [6.07, 6.45) is 7.84. The van der Waals surface area contributed by atoms with Crippen molar-refractivity contribution in [2.75, 3.05) is 0 Å². The van der Waals surface area contributed by atoms with Gasteiger partial charge in [-0.2, -0.15) is 0 Å². The van der Waals surface area contributed by atoms with Gasteiger partial charge in [0.1, 0.15) is 0 Å². The minimum Gasteiger partial charge on any atom is -0.478 e. The number of carboxylic acids is 2. The van der Waals surface area contributed by atoms with Crippen LogP contribution in [0.3, 0.4) is 0 Å². The molecule has 0 aliphatic carbocycles. The first-order valence-corrected chi connectivity index (χ1v) is 7.48. The molecule has 0 saturated heterocycles. The van der Waals surface area contributed by atoms with Gasteiger partial charge in [-0.15, -0.1) is 0 Å². The maximum absolute atomic E-state index is 10.4. The van der Waals surface area contributed by atoms with E-state index in [9.17, 15) is 9.59 Å². The molecule has 0 saturated carbocycles. The van der Waals surface area contributed by atoms with Crippen molar-refractivity contribution in [3.8, 4) is 0 Å². The Hall–Kier alpha value is -1.58. The average molecular weight is 298 g/mol. The number of hydrogen-bond acceptors (Lipinski definition) is 2. The van der Waals surface area contributed by atoms with Crippen molar-refractivity contribution in [2.45, 2.75) is 65.7 Å². The highest BCUT2D eigenvalue weighted by Gasteiger charge is 2.02. The van der Waals surface area contributed by atoms with Crippen LogP contribution >= 0.6 is 0 Å². The fourth-order valence-electron chi connectivity index (χ4n) is 1.53. The first-order chi connectivity index (χ1) is 9.68. The fraction of sp³-hybridized carbons (Fsp3) is 0.647. The van der Waals surface area contributed by atoms with Gasteiger partial charge in [0.2, 0.25) is 0 Å². The Morgan fingerprint density at radius 1 is 0.905 bits per heavy atom. The molecule has 122 valence electrons. The molecule has 4 heteroatoms. The van der Waals surface area contributed by atoms with E-state index in [0.717, 1.165) is 18.8 Å². The van der Waals surface area contributed by atoms with Crippen LogP contribution in [-0.2, 0) is 9.59 Å². The molecule has 0 radical (unpaired) electrons. The minimum atomic E-state index is -0.935. The zero-order valence-corrected chi connectivity index (χ0v) is 13.7. The number of aliphatic carboxylic acids is 2. The lowest BCUT2D eigenvalue weighted by molar-refractivity contribution is -0.133. The third kappa shape index (κ3) is 18.4. The Morgan fingerprint density at radius 3 is 1.71 bits per heavy atom. The topological polar surface area (TPSA) is 74.6 Å². The van der Waals surface area contributed by atoms with Gasteiger partial charge in [0.15, 0.2) is 0 Å². The molecular formula is C17H30O4. The lowest BCUT2D eigenvalue weighted by Crippen LogP contribution is -1.98. The van der Waals surface area contributed by atoms with E-state index in [1.807, 2.05) is 0 Å². The Morgan fingerprint density at radius 2 is 1.33 bits per heavy atom. The monoisotopic (exact) mass is 298 g/mol. The predicted molar refractivity (Wildman–Crippen MR) is 86.4 cm³/mol. The van der Waals surface area contributed by atoms with Crippen molar-refractivity contribution in [2.24, 2.45) is 5.92 Å². The van der Waals surface area contributed by atoms with Gasteiger partial charge in [-0.1, -0.05) is 59.1 Å². The van der Waals surface area contributed by atoms with Crippen LogP contribution in [-0.4, -0.2) is 22.2 Å².